The van der Waals surface area contributed by atoms with Gasteiger partial charge in [0.05, 0.1) is 22.7 Å². The second kappa shape index (κ2) is 11.2. The SMILES string of the molecule is COCCCNCC1=CC2CC3(O)C(C)(CCC4C3(O)CC3CC(C(C)C)CCC5C(O)CCC4(C=O)C35O)C2C2=CC(=O)OC12. The van der Waals surface area contributed by atoms with E-state index in [1.165, 1.54) is 0 Å². The maximum absolute atomic E-state index is 13.6. The highest BCUT2D eigenvalue weighted by atomic mass is 16.5. The molecule has 46 heavy (non-hydrogen) atoms. The topological polar surface area (TPSA) is 146 Å². The molecule has 0 bridgehead atoms. The van der Waals surface area contributed by atoms with Crippen LogP contribution in [-0.4, -0.2) is 88.5 Å². The average molecular weight is 642 g/mol. The number of allylic oxidation sites excluding steroid dienone is 1. The quantitative estimate of drug-likeness (QED) is 0.117. The molecule has 0 aromatic carbocycles. The molecule has 0 radical (unpaired) electrons. The first-order valence-electron chi connectivity index (χ1n) is 17.9. The van der Waals surface area contributed by atoms with Crippen LogP contribution in [0.25, 0.3) is 0 Å². The zero-order chi connectivity index (χ0) is 32.9. The van der Waals surface area contributed by atoms with Crippen molar-refractivity contribution < 1.29 is 39.5 Å². The molecule has 13 unspecified atom stereocenters. The van der Waals surface area contributed by atoms with Gasteiger partial charge in [-0.05, 0) is 111 Å². The summed E-state index contributed by atoms with van der Waals surface area (Å²) in [7, 11) is 1.68. The fourth-order valence-electron chi connectivity index (χ4n) is 12.7. The Kier molecular flexibility index (Phi) is 8.02. The molecule has 5 N–H and O–H groups in total. The van der Waals surface area contributed by atoms with Crippen LogP contribution in [0.5, 0.6) is 0 Å². The fraction of sp³-hybridized carbons (Fsp3) is 0.838. The number of carbonyl (C=O) groups is 2. The second-order valence-electron chi connectivity index (χ2n) is 16.8. The van der Waals surface area contributed by atoms with Crippen molar-refractivity contribution in [1.82, 2.24) is 5.32 Å². The van der Waals surface area contributed by atoms with Crippen LogP contribution >= 0.6 is 0 Å². The Labute approximate surface area is 273 Å². The van der Waals surface area contributed by atoms with E-state index in [9.17, 15) is 30.0 Å². The molecule has 5 fully saturated rings. The number of ether oxygens (including phenoxy) is 2. The Hall–Kier alpha value is -1.62. The van der Waals surface area contributed by atoms with Crippen LogP contribution in [-0.2, 0) is 19.1 Å². The van der Waals surface area contributed by atoms with E-state index in [0.29, 0.717) is 64.0 Å². The lowest BCUT2D eigenvalue weighted by Gasteiger charge is -2.71. The van der Waals surface area contributed by atoms with E-state index < -0.39 is 57.6 Å². The van der Waals surface area contributed by atoms with E-state index >= 15 is 0 Å². The van der Waals surface area contributed by atoms with Gasteiger partial charge in [0.25, 0.3) is 0 Å². The van der Waals surface area contributed by atoms with Crippen molar-refractivity contribution in [2.24, 2.45) is 52.3 Å². The number of hydrogen-bond acceptors (Lipinski definition) is 9. The van der Waals surface area contributed by atoms with E-state index in [1.807, 2.05) is 0 Å². The van der Waals surface area contributed by atoms with Crippen LogP contribution in [0.4, 0.5) is 0 Å². The van der Waals surface area contributed by atoms with Crippen LogP contribution in [0.2, 0.25) is 0 Å². The summed E-state index contributed by atoms with van der Waals surface area (Å²) in [5, 5.41) is 54.3. The number of esters is 1. The molecular formula is C37H55NO8. The van der Waals surface area contributed by atoms with Crippen molar-refractivity contribution in [1.29, 1.82) is 0 Å². The summed E-state index contributed by atoms with van der Waals surface area (Å²) in [5.41, 5.74) is -4.80. The standard InChI is InChI=1S/C37H55NO8/c1-21(2)22-6-7-27-28(40)8-11-34(20-39)29-9-10-33(3)31-23(17-36(33,43)35(29,42)18-25(15-22)37(27,34)44)14-24(19-38-12-5-13-45-4)32-26(31)16-30(41)46-32/h14,16,20-23,25,27-29,31-32,38,40,42-44H,5-13,15,17-19H2,1-4H3. The lowest BCUT2D eigenvalue weighted by atomic mass is 9.36. The van der Waals surface area contributed by atoms with Gasteiger partial charge in [-0.2, -0.15) is 0 Å². The van der Waals surface area contributed by atoms with Gasteiger partial charge in [-0.1, -0.05) is 26.8 Å². The predicted octanol–water partition coefficient (Wildman–Crippen LogP) is 3.08. The summed E-state index contributed by atoms with van der Waals surface area (Å²) in [6, 6.07) is 0. The third kappa shape index (κ3) is 4.14. The maximum Gasteiger partial charge on any atom is 0.331 e. The Bertz CT molecular complexity index is 1310. The number of fused-ring (bicyclic) bond motifs is 8. The molecule has 1 heterocycles. The summed E-state index contributed by atoms with van der Waals surface area (Å²) in [4.78, 5) is 26.4. The zero-order valence-electron chi connectivity index (χ0n) is 28.0. The number of methoxy groups -OCH3 is 1. The summed E-state index contributed by atoms with van der Waals surface area (Å²) in [6.07, 6.45) is 8.79. The van der Waals surface area contributed by atoms with Crippen LogP contribution in [0.1, 0.15) is 85.0 Å². The normalized spacial score (nSPS) is 50.7. The maximum atomic E-state index is 13.6. The van der Waals surface area contributed by atoms with Gasteiger partial charge >= 0.3 is 5.97 Å². The van der Waals surface area contributed by atoms with Gasteiger partial charge in [0.15, 0.2) is 0 Å². The summed E-state index contributed by atoms with van der Waals surface area (Å²) >= 11 is 0. The number of aldehydes is 1. The van der Waals surface area contributed by atoms with E-state index in [1.54, 1.807) is 13.2 Å². The molecule has 0 saturated heterocycles. The molecule has 5 saturated carbocycles. The van der Waals surface area contributed by atoms with Gasteiger partial charge in [0.2, 0.25) is 0 Å². The smallest absolute Gasteiger partial charge is 0.331 e. The lowest BCUT2D eigenvalue weighted by molar-refractivity contribution is -0.341. The zero-order valence-corrected chi connectivity index (χ0v) is 28.0. The van der Waals surface area contributed by atoms with Crippen LogP contribution < -0.4 is 5.32 Å². The molecule has 0 amide bonds. The van der Waals surface area contributed by atoms with Crippen molar-refractivity contribution >= 4 is 12.3 Å². The number of hydrogen-bond donors (Lipinski definition) is 5. The fourth-order valence-corrected chi connectivity index (χ4v) is 12.7. The molecule has 0 spiro atoms. The van der Waals surface area contributed by atoms with E-state index in [2.05, 4.69) is 32.2 Å². The van der Waals surface area contributed by atoms with Crippen LogP contribution in [0.15, 0.2) is 23.3 Å². The molecular weight excluding hydrogens is 586 g/mol. The van der Waals surface area contributed by atoms with Gasteiger partial charge in [-0.15, -0.1) is 0 Å². The number of aliphatic hydroxyl groups excluding tert-OH is 1. The lowest BCUT2D eigenvalue weighted by Crippen LogP contribution is -2.80. The first-order valence-corrected chi connectivity index (χ1v) is 17.9. The van der Waals surface area contributed by atoms with E-state index in [0.717, 1.165) is 36.8 Å². The van der Waals surface area contributed by atoms with Gasteiger partial charge in [0.1, 0.15) is 18.0 Å². The largest absolute Gasteiger partial charge is 0.450 e. The van der Waals surface area contributed by atoms with Crippen molar-refractivity contribution in [2.75, 3.05) is 26.8 Å². The average Bonchev–Trinajstić information content (AvgIpc) is 3.44. The van der Waals surface area contributed by atoms with E-state index in [4.69, 9.17) is 9.47 Å². The number of carbonyl (C=O) groups excluding carboxylic acids is 2. The Balaban J connectivity index is 1.30. The van der Waals surface area contributed by atoms with Crippen LogP contribution in [0, 0.1) is 52.3 Å². The minimum Gasteiger partial charge on any atom is -0.450 e. The molecule has 0 aromatic heterocycles. The highest BCUT2D eigenvalue weighted by Gasteiger charge is 2.81. The Morgan fingerprint density at radius 3 is 2.63 bits per heavy atom. The Morgan fingerprint density at radius 1 is 1.13 bits per heavy atom. The molecule has 9 heteroatoms. The number of nitrogens with one attached hydrogen (secondary N) is 1. The molecule has 0 aromatic rings. The molecule has 1 aliphatic heterocycles. The number of aliphatic hydroxyl groups is 4. The van der Waals surface area contributed by atoms with Gasteiger partial charge in [0, 0.05) is 43.6 Å². The summed E-state index contributed by atoms with van der Waals surface area (Å²) < 4.78 is 11.0. The third-order valence-electron chi connectivity index (χ3n) is 14.8. The molecule has 256 valence electrons. The minimum atomic E-state index is -1.63. The molecule has 13 atom stereocenters. The predicted molar refractivity (Wildman–Crippen MR) is 170 cm³/mol. The van der Waals surface area contributed by atoms with Crippen molar-refractivity contribution in [2.45, 2.75) is 114 Å². The van der Waals surface area contributed by atoms with E-state index in [-0.39, 0.29) is 30.1 Å². The molecule has 7 rings (SSSR count). The first kappa shape index (κ1) is 32.9. The van der Waals surface area contributed by atoms with Crippen molar-refractivity contribution in [3.8, 4) is 0 Å². The molecule has 9 nitrogen and oxygen atoms in total. The van der Waals surface area contributed by atoms with Gasteiger partial charge in [-0.25, -0.2) is 4.79 Å². The summed E-state index contributed by atoms with van der Waals surface area (Å²) in [6.45, 7) is 8.40. The molecule has 6 aliphatic carbocycles. The van der Waals surface area contributed by atoms with Crippen LogP contribution in [0.3, 0.4) is 0 Å². The molecule has 7 aliphatic rings. The summed E-state index contributed by atoms with van der Waals surface area (Å²) in [5.74, 6) is -1.56. The Morgan fingerprint density at radius 2 is 1.91 bits per heavy atom. The monoisotopic (exact) mass is 641 g/mol. The van der Waals surface area contributed by atoms with Gasteiger partial charge in [-0.3, -0.25) is 0 Å². The number of rotatable bonds is 8. The minimum absolute atomic E-state index is 0.114. The highest BCUT2D eigenvalue weighted by Crippen LogP contribution is 2.76. The third-order valence-corrected chi connectivity index (χ3v) is 14.8. The highest BCUT2D eigenvalue weighted by molar-refractivity contribution is 5.87. The van der Waals surface area contributed by atoms with Crippen molar-refractivity contribution in [3.05, 3.63) is 23.3 Å². The first-order chi connectivity index (χ1) is 21.8. The van der Waals surface area contributed by atoms with Crippen molar-refractivity contribution in [3.63, 3.8) is 0 Å². The van der Waals surface area contributed by atoms with Gasteiger partial charge < -0.3 is 40.0 Å². The second-order valence-corrected chi connectivity index (χ2v) is 16.8.